The van der Waals surface area contributed by atoms with Gasteiger partial charge in [-0.15, -0.1) is 0 Å². The van der Waals surface area contributed by atoms with Crippen molar-refractivity contribution in [3.8, 4) is 0 Å². The molecule has 0 aromatic rings. The minimum Gasteiger partial charge on any atom is -0.212 e. The topological polar surface area (TPSA) is 46.2 Å². The second kappa shape index (κ2) is 3.54. The first-order valence-electron chi connectivity index (χ1n) is 4.14. The molecule has 66 valence electrons. The van der Waals surface area contributed by atoms with Crippen LogP contribution >= 0.6 is 0 Å². The Morgan fingerprint density at radius 1 is 1.55 bits per heavy atom. The van der Waals surface area contributed by atoms with Crippen LogP contribution in [0.2, 0.25) is 0 Å². The number of sulfonamides is 1. The van der Waals surface area contributed by atoms with E-state index in [1.165, 1.54) is 0 Å². The monoisotopic (exact) mass is 177 g/mol. The average Bonchev–Trinajstić information content (AvgIpc) is 2.26. The van der Waals surface area contributed by atoms with E-state index in [4.69, 9.17) is 0 Å². The predicted molar refractivity (Wildman–Crippen MR) is 44.9 cm³/mol. The third-order valence-electron chi connectivity index (χ3n) is 1.99. The van der Waals surface area contributed by atoms with Crippen molar-refractivity contribution in [2.75, 3.05) is 5.75 Å². The summed E-state index contributed by atoms with van der Waals surface area (Å²) in [6.45, 7) is 2.11. The van der Waals surface area contributed by atoms with Crippen LogP contribution in [-0.4, -0.2) is 20.2 Å². The Morgan fingerprint density at radius 2 is 2.27 bits per heavy atom. The zero-order valence-corrected chi connectivity index (χ0v) is 7.65. The standard InChI is InChI=1S/C7H15NO2S/c1-2-3-4-7-5-6-11(9,10)8-7/h7-8H,2-6H2,1H3/t7-/m1/s1. The van der Waals surface area contributed by atoms with Crippen molar-refractivity contribution in [2.24, 2.45) is 0 Å². The maximum atomic E-state index is 10.9. The molecule has 0 bridgehead atoms. The zero-order chi connectivity index (χ0) is 8.32. The SMILES string of the molecule is CCCC[C@@H]1CCS(=O)(=O)N1. The van der Waals surface area contributed by atoms with Crippen LogP contribution in [0, 0.1) is 0 Å². The lowest BCUT2D eigenvalue weighted by molar-refractivity contribution is 0.541. The van der Waals surface area contributed by atoms with E-state index < -0.39 is 10.0 Å². The molecule has 1 rings (SSSR count). The Morgan fingerprint density at radius 3 is 2.73 bits per heavy atom. The molecule has 0 amide bonds. The van der Waals surface area contributed by atoms with Gasteiger partial charge in [-0.05, 0) is 12.8 Å². The molecular weight excluding hydrogens is 162 g/mol. The molecule has 3 nitrogen and oxygen atoms in total. The number of unbranched alkanes of at least 4 members (excludes halogenated alkanes) is 1. The average molecular weight is 177 g/mol. The molecule has 0 saturated carbocycles. The summed E-state index contributed by atoms with van der Waals surface area (Å²) in [6, 6.07) is 0.222. The molecule has 1 N–H and O–H groups in total. The van der Waals surface area contributed by atoms with E-state index >= 15 is 0 Å². The van der Waals surface area contributed by atoms with E-state index in [9.17, 15) is 8.42 Å². The van der Waals surface area contributed by atoms with Crippen LogP contribution in [0.1, 0.15) is 32.6 Å². The summed E-state index contributed by atoms with van der Waals surface area (Å²) in [5, 5.41) is 0. The third kappa shape index (κ3) is 2.79. The fourth-order valence-corrected chi connectivity index (χ4v) is 2.78. The van der Waals surface area contributed by atoms with Crippen LogP contribution in [0.5, 0.6) is 0 Å². The summed E-state index contributed by atoms with van der Waals surface area (Å²) in [5.41, 5.74) is 0. The van der Waals surface area contributed by atoms with Crippen molar-refractivity contribution >= 4 is 10.0 Å². The van der Waals surface area contributed by atoms with Crippen molar-refractivity contribution in [1.82, 2.24) is 4.72 Å². The molecule has 1 atom stereocenters. The van der Waals surface area contributed by atoms with Crippen LogP contribution < -0.4 is 4.72 Å². The molecular formula is C7H15NO2S. The van der Waals surface area contributed by atoms with Gasteiger partial charge in [-0.3, -0.25) is 0 Å². The zero-order valence-electron chi connectivity index (χ0n) is 6.84. The van der Waals surface area contributed by atoms with Gasteiger partial charge in [0, 0.05) is 6.04 Å². The van der Waals surface area contributed by atoms with Gasteiger partial charge >= 0.3 is 0 Å². The van der Waals surface area contributed by atoms with Gasteiger partial charge in [-0.2, -0.15) is 0 Å². The summed E-state index contributed by atoms with van der Waals surface area (Å²) < 4.78 is 24.4. The minimum absolute atomic E-state index is 0.222. The molecule has 11 heavy (non-hydrogen) atoms. The molecule has 0 aromatic carbocycles. The van der Waals surface area contributed by atoms with Gasteiger partial charge in [0.15, 0.2) is 0 Å². The molecule has 0 radical (unpaired) electrons. The first-order valence-corrected chi connectivity index (χ1v) is 5.79. The molecule has 1 fully saturated rings. The fourth-order valence-electron chi connectivity index (χ4n) is 1.32. The first-order chi connectivity index (χ1) is 5.14. The van der Waals surface area contributed by atoms with Crippen molar-refractivity contribution in [1.29, 1.82) is 0 Å². The van der Waals surface area contributed by atoms with Crippen LogP contribution in [0.15, 0.2) is 0 Å². The Bertz CT molecular complexity index is 210. The Kier molecular flexibility index (Phi) is 2.90. The van der Waals surface area contributed by atoms with E-state index in [1.54, 1.807) is 0 Å². The third-order valence-corrected chi connectivity index (χ3v) is 3.45. The summed E-state index contributed by atoms with van der Waals surface area (Å²) in [4.78, 5) is 0. The largest absolute Gasteiger partial charge is 0.212 e. The summed E-state index contributed by atoms with van der Waals surface area (Å²) in [6.07, 6.45) is 4.05. The smallest absolute Gasteiger partial charge is 0.211 e. The summed E-state index contributed by atoms with van der Waals surface area (Å²) in [7, 11) is -2.88. The van der Waals surface area contributed by atoms with Crippen LogP contribution in [0.3, 0.4) is 0 Å². The Labute approximate surface area is 68.2 Å². The predicted octanol–water partition coefficient (Wildman–Crippen LogP) is 0.868. The van der Waals surface area contributed by atoms with Crippen LogP contribution in [-0.2, 0) is 10.0 Å². The number of rotatable bonds is 3. The van der Waals surface area contributed by atoms with Crippen molar-refractivity contribution in [3.05, 3.63) is 0 Å². The molecule has 0 spiro atoms. The van der Waals surface area contributed by atoms with Gasteiger partial charge in [-0.1, -0.05) is 19.8 Å². The quantitative estimate of drug-likeness (QED) is 0.695. The van der Waals surface area contributed by atoms with Gasteiger partial charge in [0.25, 0.3) is 0 Å². The van der Waals surface area contributed by atoms with Gasteiger partial charge < -0.3 is 0 Å². The molecule has 0 aromatic heterocycles. The van der Waals surface area contributed by atoms with Gasteiger partial charge in [0.05, 0.1) is 5.75 Å². The van der Waals surface area contributed by atoms with E-state index in [2.05, 4.69) is 11.6 Å². The van der Waals surface area contributed by atoms with Crippen molar-refractivity contribution < 1.29 is 8.42 Å². The van der Waals surface area contributed by atoms with Crippen molar-refractivity contribution in [2.45, 2.75) is 38.6 Å². The normalized spacial score (nSPS) is 29.0. The maximum absolute atomic E-state index is 10.9. The molecule has 1 saturated heterocycles. The number of nitrogens with one attached hydrogen (secondary N) is 1. The maximum Gasteiger partial charge on any atom is 0.211 e. The van der Waals surface area contributed by atoms with Crippen molar-refractivity contribution in [3.63, 3.8) is 0 Å². The molecule has 0 unspecified atom stereocenters. The molecule has 0 aliphatic carbocycles. The number of hydrogen-bond donors (Lipinski definition) is 1. The second-order valence-electron chi connectivity index (χ2n) is 3.06. The summed E-state index contributed by atoms with van der Waals surface area (Å²) >= 11 is 0. The first kappa shape index (κ1) is 9.00. The van der Waals surface area contributed by atoms with E-state index in [1.807, 2.05) is 0 Å². The summed E-state index contributed by atoms with van der Waals surface area (Å²) in [5.74, 6) is 0.321. The minimum atomic E-state index is -2.88. The highest BCUT2D eigenvalue weighted by atomic mass is 32.2. The van der Waals surface area contributed by atoms with Crippen LogP contribution in [0.25, 0.3) is 0 Å². The lowest BCUT2D eigenvalue weighted by Crippen LogP contribution is -2.25. The van der Waals surface area contributed by atoms with Gasteiger partial charge in [-0.25, -0.2) is 13.1 Å². The highest BCUT2D eigenvalue weighted by Gasteiger charge is 2.25. The van der Waals surface area contributed by atoms with Gasteiger partial charge in [0.1, 0.15) is 0 Å². The highest BCUT2D eigenvalue weighted by Crippen LogP contribution is 2.13. The highest BCUT2D eigenvalue weighted by molar-refractivity contribution is 7.89. The molecule has 1 aliphatic heterocycles. The Balaban J connectivity index is 2.31. The fraction of sp³-hybridized carbons (Fsp3) is 1.00. The van der Waals surface area contributed by atoms with E-state index in [-0.39, 0.29) is 6.04 Å². The molecule has 4 heteroatoms. The lowest BCUT2D eigenvalue weighted by Gasteiger charge is -2.05. The molecule has 1 heterocycles. The van der Waals surface area contributed by atoms with Crippen LogP contribution in [0.4, 0.5) is 0 Å². The van der Waals surface area contributed by atoms with E-state index in [0.717, 1.165) is 25.7 Å². The Hall–Kier alpha value is -0.0900. The van der Waals surface area contributed by atoms with Gasteiger partial charge in [0.2, 0.25) is 10.0 Å². The lowest BCUT2D eigenvalue weighted by atomic mass is 10.1. The number of hydrogen-bond acceptors (Lipinski definition) is 2. The second-order valence-corrected chi connectivity index (χ2v) is 4.94. The molecule has 1 aliphatic rings. The van der Waals surface area contributed by atoms with E-state index in [0.29, 0.717) is 5.75 Å².